The van der Waals surface area contributed by atoms with E-state index in [1.54, 1.807) is 24.3 Å². The maximum Gasteiger partial charge on any atom is 0.336 e. The van der Waals surface area contributed by atoms with Gasteiger partial charge >= 0.3 is 5.63 Å². The molecule has 0 fully saturated rings. The summed E-state index contributed by atoms with van der Waals surface area (Å²) < 4.78 is 11.7. The van der Waals surface area contributed by atoms with E-state index < -0.39 is 0 Å². The van der Waals surface area contributed by atoms with Crippen molar-refractivity contribution in [1.82, 2.24) is 0 Å². The average molecular weight is 416 g/mol. The quantitative estimate of drug-likeness (QED) is 0.600. The molecule has 0 radical (unpaired) electrons. The molecule has 6 heteroatoms. The van der Waals surface area contributed by atoms with Gasteiger partial charge in [-0.3, -0.25) is 4.79 Å². The summed E-state index contributed by atoms with van der Waals surface area (Å²) in [7, 11) is 0. The van der Waals surface area contributed by atoms with Gasteiger partial charge in [0.15, 0.2) is 6.61 Å². The zero-order valence-electron chi connectivity index (χ0n) is 14.3. The molecule has 1 heterocycles. The van der Waals surface area contributed by atoms with E-state index in [2.05, 4.69) is 28.2 Å². The van der Waals surface area contributed by atoms with Crippen LogP contribution in [-0.2, 0) is 11.2 Å². The van der Waals surface area contributed by atoms with Crippen molar-refractivity contribution in [2.24, 2.45) is 0 Å². The van der Waals surface area contributed by atoms with Crippen molar-refractivity contribution in [3.8, 4) is 5.75 Å². The number of halogens is 1. The molecule has 1 amide bonds. The minimum Gasteiger partial charge on any atom is -0.484 e. The van der Waals surface area contributed by atoms with Gasteiger partial charge in [-0.05, 0) is 48.4 Å². The van der Waals surface area contributed by atoms with Crippen molar-refractivity contribution in [2.45, 2.75) is 19.8 Å². The Hall–Kier alpha value is -2.60. The smallest absolute Gasteiger partial charge is 0.336 e. The second-order valence-electron chi connectivity index (χ2n) is 5.84. The van der Waals surface area contributed by atoms with Crippen LogP contribution in [0, 0.1) is 0 Å². The first-order chi connectivity index (χ1) is 12.5. The van der Waals surface area contributed by atoms with Crippen LogP contribution in [-0.4, -0.2) is 12.5 Å². The summed E-state index contributed by atoms with van der Waals surface area (Å²) in [5.41, 5.74) is 1.73. The number of anilines is 1. The van der Waals surface area contributed by atoms with Gasteiger partial charge in [0.05, 0.1) is 0 Å². The standard InChI is InChI=1S/C20H18BrNO4/c1-2-3-13-10-20(24)26-18-11-16(8-9-17(13)18)25-12-19(23)22-15-6-4-14(21)5-7-15/h4-11H,2-3,12H2,1H3,(H,22,23). The fraction of sp³-hybridized carbons (Fsp3) is 0.200. The lowest BCUT2D eigenvalue weighted by Gasteiger charge is -2.09. The van der Waals surface area contributed by atoms with Gasteiger partial charge in [-0.15, -0.1) is 0 Å². The average Bonchev–Trinajstić information content (AvgIpc) is 2.62. The second-order valence-corrected chi connectivity index (χ2v) is 6.76. The highest BCUT2D eigenvalue weighted by atomic mass is 79.9. The maximum absolute atomic E-state index is 12.0. The van der Waals surface area contributed by atoms with Gasteiger partial charge in [0.2, 0.25) is 0 Å². The van der Waals surface area contributed by atoms with Crippen molar-refractivity contribution in [1.29, 1.82) is 0 Å². The molecule has 3 rings (SSSR count). The molecular formula is C20H18BrNO4. The number of amides is 1. The lowest BCUT2D eigenvalue weighted by molar-refractivity contribution is -0.118. The van der Waals surface area contributed by atoms with Crippen molar-refractivity contribution in [3.05, 3.63) is 69.0 Å². The third kappa shape index (κ3) is 4.52. The first kappa shape index (κ1) is 18.2. The third-order valence-electron chi connectivity index (χ3n) is 3.82. The van der Waals surface area contributed by atoms with E-state index >= 15 is 0 Å². The highest BCUT2D eigenvalue weighted by Crippen LogP contribution is 2.23. The monoisotopic (exact) mass is 415 g/mol. The van der Waals surface area contributed by atoms with Gasteiger partial charge in [-0.1, -0.05) is 29.3 Å². The molecule has 1 N–H and O–H groups in total. The molecule has 134 valence electrons. The number of ether oxygens (including phenoxy) is 1. The number of benzene rings is 2. The number of fused-ring (bicyclic) bond motifs is 1. The molecular weight excluding hydrogens is 398 g/mol. The normalized spacial score (nSPS) is 10.7. The van der Waals surface area contributed by atoms with Gasteiger partial charge in [0.25, 0.3) is 5.91 Å². The predicted octanol–water partition coefficient (Wildman–Crippen LogP) is 4.53. The van der Waals surface area contributed by atoms with Crippen LogP contribution in [0.3, 0.4) is 0 Å². The number of rotatable bonds is 6. The second kappa shape index (κ2) is 8.19. The van der Waals surface area contributed by atoms with Crippen molar-refractivity contribution < 1.29 is 13.9 Å². The number of hydrogen-bond acceptors (Lipinski definition) is 4. The van der Waals surface area contributed by atoms with E-state index in [0.717, 1.165) is 28.3 Å². The lowest BCUT2D eigenvalue weighted by atomic mass is 10.1. The Bertz CT molecular complexity index is 979. The molecule has 0 spiro atoms. The van der Waals surface area contributed by atoms with Gasteiger partial charge in [0.1, 0.15) is 11.3 Å². The third-order valence-corrected chi connectivity index (χ3v) is 4.35. The fourth-order valence-electron chi connectivity index (χ4n) is 2.66. The van der Waals surface area contributed by atoms with Gasteiger partial charge < -0.3 is 14.5 Å². The summed E-state index contributed by atoms with van der Waals surface area (Å²) in [6.45, 7) is 1.92. The minimum absolute atomic E-state index is 0.138. The van der Waals surface area contributed by atoms with Crippen LogP contribution in [0.1, 0.15) is 18.9 Å². The Morgan fingerprint density at radius 2 is 1.92 bits per heavy atom. The number of carbonyl (C=O) groups excluding carboxylic acids is 1. The fourth-order valence-corrected chi connectivity index (χ4v) is 2.92. The number of hydrogen-bond donors (Lipinski definition) is 1. The van der Waals surface area contributed by atoms with E-state index in [9.17, 15) is 9.59 Å². The molecule has 0 atom stereocenters. The number of aryl methyl sites for hydroxylation is 1. The summed E-state index contributed by atoms with van der Waals surface area (Å²) in [6, 6.07) is 14.1. The molecule has 0 saturated heterocycles. The first-order valence-electron chi connectivity index (χ1n) is 8.30. The van der Waals surface area contributed by atoms with Crippen LogP contribution in [0.4, 0.5) is 5.69 Å². The topological polar surface area (TPSA) is 68.5 Å². The Morgan fingerprint density at radius 3 is 2.65 bits per heavy atom. The van der Waals surface area contributed by atoms with Gasteiger partial charge in [-0.25, -0.2) is 4.79 Å². The molecule has 5 nitrogen and oxygen atoms in total. The van der Waals surface area contributed by atoms with E-state index in [1.165, 1.54) is 6.07 Å². The van der Waals surface area contributed by atoms with Crippen LogP contribution in [0.15, 0.2) is 62.2 Å². The zero-order valence-corrected chi connectivity index (χ0v) is 15.8. The molecule has 1 aromatic heterocycles. The largest absolute Gasteiger partial charge is 0.484 e. The Balaban J connectivity index is 1.69. The van der Waals surface area contributed by atoms with E-state index in [4.69, 9.17) is 9.15 Å². The Labute approximate surface area is 159 Å². The van der Waals surface area contributed by atoms with Crippen LogP contribution in [0.25, 0.3) is 11.0 Å². The summed E-state index contributed by atoms with van der Waals surface area (Å²) in [4.78, 5) is 23.7. The molecule has 0 aliphatic carbocycles. The maximum atomic E-state index is 12.0. The van der Waals surface area contributed by atoms with E-state index in [0.29, 0.717) is 17.0 Å². The highest BCUT2D eigenvalue weighted by molar-refractivity contribution is 9.10. The van der Waals surface area contributed by atoms with E-state index in [1.807, 2.05) is 18.2 Å². The Kier molecular flexibility index (Phi) is 5.73. The summed E-state index contributed by atoms with van der Waals surface area (Å²) in [5, 5.41) is 3.64. The zero-order chi connectivity index (χ0) is 18.5. The molecule has 0 bridgehead atoms. The molecule has 2 aromatic carbocycles. The molecule has 0 unspecified atom stereocenters. The SMILES string of the molecule is CCCc1cc(=O)oc2cc(OCC(=O)Nc3ccc(Br)cc3)ccc12. The number of nitrogens with one attached hydrogen (secondary N) is 1. The molecule has 0 aliphatic heterocycles. The van der Waals surface area contributed by atoms with E-state index in [-0.39, 0.29) is 18.1 Å². The lowest BCUT2D eigenvalue weighted by Crippen LogP contribution is -2.20. The van der Waals surface area contributed by atoms with Crippen molar-refractivity contribution in [3.63, 3.8) is 0 Å². The molecule has 26 heavy (non-hydrogen) atoms. The number of carbonyl (C=O) groups is 1. The molecule has 0 saturated carbocycles. The van der Waals surface area contributed by atoms with Crippen LogP contribution in [0.5, 0.6) is 5.75 Å². The predicted molar refractivity (Wildman–Crippen MR) is 105 cm³/mol. The summed E-state index contributed by atoms with van der Waals surface area (Å²) in [6.07, 6.45) is 1.74. The summed E-state index contributed by atoms with van der Waals surface area (Å²) >= 11 is 3.34. The van der Waals surface area contributed by atoms with Gasteiger partial charge in [-0.2, -0.15) is 0 Å². The highest BCUT2D eigenvalue weighted by Gasteiger charge is 2.08. The Morgan fingerprint density at radius 1 is 1.15 bits per heavy atom. The van der Waals surface area contributed by atoms with Crippen LogP contribution >= 0.6 is 15.9 Å². The van der Waals surface area contributed by atoms with Gasteiger partial charge in [0, 0.05) is 27.7 Å². The molecule has 3 aromatic rings. The van der Waals surface area contributed by atoms with Crippen molar-refractivity contribution >= 4 is 38.5 Å². The van der Waals surface area contributed by atoms with Crippen molar-refractivity contribution in [2.75, 3.05) is 11.9 Å². The summed E-state index contributed by atoms with van der Waals surface area (Å²) in [5.74, 6) is 0.203. The molecule has 0 aliphatic rings. The van der Waals surface area contributed by atoms with Crippen LogP contribution in [0.2, 0.25) is 0 Å². The minimum atomic E-state index is -0.383. The first-order valence-corrected chi connectivity index (χ1v) is 9.09. The van der Waals surface area contributed by atoms with Crippen LogP contribution < -0.4 is 15.7 Å².